The molecule has 0 saturated carbocycles. The quantitative estimate of drug-likeness (QED) is 0.323. The first-order valence-corrected chi connectivity index (χ1v) is 10.4. The van der Waals surface area contributed by atoms with Crippen LogP contribution in [0.5, 0.6) is 0 Å². The van der Waals surface area contributed by atoms with Gasteiger partial charge in [0, 0.05) is 28.1 Å². The standard InChI is InChI=1S/C25H16BrN3O2/c26-20-12-19(14-27-15-20)25-29-22-13-21(10-11-23(22)31-25)28-24(30)18-8-6-17(7-9-18)16-4-2-1-3-5-16/h1-15H,(H,28,30). The minimum absolute atomic E-state index is 0.182. The van der Waals surface area contributed by atoms with Gasteiger partial charge >= 0.3 is 0 Å². The summed E-state index contributed by atoms with van der Waals surface area (Å²) in [5, 5.41) is 2.93. The Morgan fingerprint density at radius 2 is 1.61 bits per heavy atom. The average Bonchev–Trinajstić information content (AvgIpc) is 3.23. The van der Waals surface area contributed by atoms with Crippen LogP contribution in [0, 0.1) is 0 Å². The lowest BCUT2D eigenvalue weighted by molar-refractivity contribution is 0.102. The van der Waals surface area contributed by atoms with Crippen LogP contribution in [0.1, 0.15) is 10.4 Å². The molecule has 0 radical (unpaired) electrons. The van der Waals surface area contributed by atoms with Gasteiger partial charge in [-0.1, -0.05) is 42.5 Å². The molecule has 0 aliphatic heterocycles. The highest BCUT2D eigenvalue weighted by Gasteiger charge is 2.12. The second kappa shape index (κ2) is 8.16. The van der Waals surface area contributed by atoms with Gasteiger partial charge in [0.1, 0.15) is 5.52 Å². The minimum Gasteiger partial charge on any atom is -0.436 e. The maximum atomic E-state index is 12.7. The molecule has 0 unspecified atom stereocenters. The molecule has 1 N–H and O–H groups in total. The summed E-state index contributed by atoms with van der Waals surface area (Å²) in [7, 11) is 0. The van der Waals surface area contributed by atoms with Crippen molar-refractivity contribution in [3.05, 3.63) is 101 Å². The van der Waals surface area contributed by atoms with E-state index in [-0.39, 0.29) is 5.91 Å². The maximum absolute atomic E-state index is 12.7. The van der Waals surface area contributed by atoms with Gasteiger partial charge in [-0.25, -0.2) is 4.98 Å². The Bertz CT molecular complexity index is 1380. The fourth-order valence-electron chi connectivity index (χ4n) is 3.31. The molecule has 0 bridgehead atoms. The van der Waals surface area contributed by atoms with E-state index in [0.29, 0.717) is 28.2 Å². The van der Waals surface area contributed by atoms with Crippen LogP contribution in [0.3, 0.4) is 0 Å². The summed E-state index contributed by atoms with van der Waals surface area (Å²) in [5.41, 5.74) is 5.48. The number of rotatable bonds is 4. The Kier molecular flexibility index (Phi) is 5.06. The number of hydrogen-bond acceptors (Lipinski definition) is 4. The van der Waals surface area contributed by atoms with E-state index >= 15 is 0 Å². The Labute approximate surface area is 186 Å². The Balaban J connectivity index is 1.35. The number of nitrogens with zero attached hydrogens (tertiary/aromatic N) is 2. The van der Waals surface area contributed by atoms with Crippen molar-refractivity contribution in [1.82, 2.24) is 9.97 Å². The fraction of sp³-hybridized carbons (Fsp3) is 0. The molecular formula is C25H16BrN3O2. The highest BCUT2D eigenvalue weighted by molar-refractivity contribution is 9.10. The number of benzene rings is 3. The second-order valence-corrected chi connectivity index (χ2v) is 7.91. The number of oxazole rings is 1. The summed E-state index contributed by atoms with van der Waals surface area (Å²) in [6, 6.07) is 24.9. The molecule has 6 heteroatoms. The molecule has 150 valence electrons. The first-order chi connectivity index (χ1) is 15.2. The minimum atomic E-state index is -0.182. The molecular weight excluding hydrogens is 454 g/mol. The Hall–Kier alpha value is -3.77. The fourth-order valence-corrected chi connectivity index (χ4v) is 3.67. The number of pyridine rings is 1. The number of amides is 1. The smallest absolute Gasteiger partial charge is 0.255 e. The third-order valence-electron chi connectivity index (χ3n) is 4.85. The predicted octanol–water partition coefficient (Wildman–Crippen LogP) is 6.57. The van der Waals surface area contributed by atoms with Gasteiger partial charge in [-0.15, -0.1) is 0 Å². The van der Waals surface area contributed by atoms with E-state index in [4.69, 9.17) is 4.42 Å². The monoisotopic (exact) mass is 469 g/mol. The van der Waals surface area contributed by atoms with E-state index < -0.39 is 0 Å². The summed E-state index contributed by atoms with van der Waals surface area (Å²) in [6.45, 7) is 0. The topological polar surface area (TPSA) is 68.0 Å². The number of halogens is 1. The first kappa shape index (κ1) is 19.2. The molecule has 0 atom stereocenters. The molecule has 1 amide bonds. The zero-order chi connectivity index (χ0) is 21.2. The highest BCUT2D eigenvalue weighted by atomic mass is 79.9. The molecule has 0 fully saturated rings. The van der Waals surface area contributed by atoms with Crippen LogP contribution in [0.2, 0.25) is 0 Å². The van der Waals surface area contributed by atoms with Gasteiger partial charge in [-0.2, -0.15) is 0 Å². The van der Waals surface area contributed by atoms with Crippen molar-refractivity contribution in [1.29, 1.82) is 0 Å². The molecule has 0 aliphatic carbocycles. The van der Waals surface area contributed by atoms with Gasteiger partial charge in [0.25, 0.3) is 5.91 Å². The number of aromatic nitrogens is 2. The van der Waals surface area contributed by atoms with E-state index in [1.807, 2.05) is 60.7 Å². The van der Waals surface area contributed by atoms with Gasteiger partial charge in [-0.3, -0.25) is 9.78 Å². The van der Waals surface area contributed by atoms with Crippen molar-refractivity contribution in [3.8, 4) is 22.6 Å². The molecule has 3 aromatic carbocycles. The van der Waals surface area contributed by atoms with Crippen molar-refractivity contribution in [2.24, 2.45) is 0 Å². The predicted molar refractivity (Wildman–Crippen MR) is 125 cm³/mol. The van der Waals surface area contributed by atoms with Crippen LogP contribution < -0.4 is 5.32 Å². The van der Waals surface area contributed by atoms with Gasteiger partial charge in [0.15, 0.2) is 5.58 Å². The van der Waals surface area contributed by atoms with Crippen LogP contribution in [0.15, 0.2) is 100 Å². The van der Waals surface area contributed by atoms with E-state index in [1.54, 1.807) is 30.6 Å². The van der Waals surface area contributed by atoms with E-state index in [2.05, 4.69) is 31.2 Å². The third-order valence-corrected chi connectivity index (χ3v) is 5.29. The molecule has 5 nitrogen and oxygen atoms in total. The van der Waals surface area contributed by atoms with Crippen LogP contribution in [0.25, 0.3) is 33.7 Å². The lowest BCUT2D eigenvalue weighted by Crippen LogP contribution is -2.11. The van der Waals surface area contributed by atoms with Crippen molar-refractivity contribution in [2.75, 3.05) is 5.32 Å². The van der Waals surface area contributed by atoms with Crippen molar-refractivity contribution in [2.45, 2.75) is 0 Å². The zero-order valence-electron chi connectivity index (χ0n) is 16.2. The molecule has 0 spiro atoms. The van der Waals surface area contributed by atoms with E-state index in [9.17, 15) is 4.79 Å². The van der Waals surface area contributed by atoms with Gasteiger partial charge < -0.3 is 9.73 Å². The number of carbonyl (C=O) groups is 1. The number of anilines is 1. The molecule has 31 heavy (non-hydrogen) atoms. The summed E-state index contributed by atoms with van der Waals surface area (Å²) in [6.07, 6.45) is 3.39. The largest absolute Gasteiger partial charge is 0.436 e. The average molecular weight is 470 g/mol. The van der Waals surface area contributed by atoms with Crippen molar-refractivity contribution < 1.29 is 9.21 Å². The van der Waals surface area contributed by atoms with Crippen molar-refractivity contribution >= 4 is 38.6 Å². The normalized spacial score (nSPS) is 10.9. The molecule has 0 aliphatic rings. The lowest BCUT2D eigenvalue weighted by atomic mass is 10.0. The van der Waals surface area contributed by atoms with Gasteiger partial charge in [0.05, 0.1) is 5.56 Å². The second-order valence-electron chi connectivity index (χ2n) is 6.99. The Morgan fingerprint density at radius 1 is 0.839 bits per heavy atom. The van der Waals surface area contributed by atoms with E-state index in [1.165, 1.54) is 0 Å². The third kappa shape index (κ3) is 4.11. The Morgan fingerprint density at radius 3 is 2.39 bits per heavy atom. The number of fused-ring (bicyclic) bond motifs is 1. The van der Waals surface area contributed by atoms with E-state index in [0.717, 1.165) is 21.2 Å². The number of nitrogens with one attached hydrogen (secondary N) is 1. The van der Waals surface area contributed by atoms with Gasteiger partial charge in [-0.05, 0) is 63.5 Å². The lowest BCUT2D eigenvalue weighted by Gasteiger charge is -2.06. The van der Waals surface area contributed by atoms with Crippen LogP contribution in [-0.4, -0.2) is 15.9 Å². The van der Waals surface area contributed by atoms with Gasteiger partial charge in [0.2, 0.25) is 5.89 Å². The number of carbonyl (C=O) groups excluding carboxylic acids is 1. The zero-order valence-corrected chi connectivity index (χ0v) is 17.8. The molecule has 5 aromatic rings. The SMILES string of the molecule is O=C(Nc1ccc2oc(-c3cncc(Br)c3)nc2c1)c1ccc(-c2ccccc2)cc1. The molecule has 2 aromatic heterocycles. The van der Waals surface area contributed by atoms with Crippen LogP contribution >= 0.6 is 15.9 Å². The summed E-state index contributed by atoms with van der Waals surface area (Å²) in [4.78, 5) is 21.4. The summed E-state index contributed by atoms with van der Waals surface area (Å²) in [5.74, 6) is 0.294. The highest BCUT2D eigenvalue weighted by Crippen LogP contribution is 2.27. The van der Waals surface area contributed by atoms with Crippen LogP contribution in [0.4, 0.5) is 5.69 Å². The molecule has 0 saturated heterocycles. The molecule has 2 heterocycles. The summed E-state index contributed by atoms with van der Waals surface area (Å²) >= 11 is 3.40. The number of hydrogen-bond donors (Lipinski definition) is 1. The van der Waals surface area contributed by atoms with Crippen molar-refractivity contribution in [3.63, 3.8) is 0 Å². The first-order valence-electron chi connectivity index (χ1n) is 9.64. The van der Waals surface area contributed by atoms with Crippen LogP contribution in [-0.2, 0) is 0 Å². The summed E-state index contributed by atoms with van der Waals surface area (Å²) < 4.78 is 6.67. The molecule has 5 rings (SSSR count). The maximum Gasteiger partial charge on any atom is 0.255 e.